The summed E-state index contributed by atoms with van der Waals surface area (Å²) >= 11 is 4.89. The molecule has 1 atom stereocenters. The van der Waals surface area contributed by atoms with E-state index in [0.29, 0.717) is 0 Å². The summed E-state index contributed by atoms with van der Waals surface area (Å²) in [5, 5.41) is -0.981. The predicted octanol–water partition coefficient (Wildman–Crippen LogP) is 1.11. The summed E-state index contributed by atoms with van der Waals surface area (Å²) in [5.41, 5.74) is 0. The van der Waals surface area contributed by atoms with Crippen molar-refractivity contribution in [2.45, 2.75) is 12.3 Å². The van der Waals surface area contributed by atoms with Gasteiger partial charge in [0.1, 0.15) is 5.38 Å². The Kier molecular flexibility index (Phi) is 2.09. The maximum atomic E-state index is 11.1. The Morgan fingerprint density at radius 3 is 2.17 bits per heavy atom. The first-order chi connectivity index (χ1) is 2.64. The van der Waals surface area contributed by atoms with Crippen molar-refractivity contribution in [1.82, 2.24) is 0 Å². The van der Waals surface area contributed by atoms with E-state index in [9.17, 15) is 9.18 Å². The topological polar surface area (TPSA) is 17.1 Å². The standard InChI is InChI=1S/C3H4ClFO/c1-2(4)3(5)6/h2H,1H3/t2-/m1/s1. The number of alkyl halides is 1. The van der Waals surface area contributed by atoms with Crippen LogP contribution in [0.5, 0.6) is 0 Å². The summed E-state index contributed by atoms with van der Waals surface area (Å²) < 4.78 is 11.1. The third-order valence-electron chi connectivity index (χ3n) is 0.313. The van der Waals surface area contributed by atoms with Gasteiger partial charge in [-0.1, -0.05) is 0 Å². The molecule has 0 bridgehead atoms. The number of hydrogen-bond donors (Lipinski definition) is 0. The van der Waals surface area contributed by atoms with Crippen LogP contribution in [0.3, 0.4) is 0 Å². The van der Waals surface area contributed by atoms with Crippen molar-refractivity contribution in [3.05, 3.63) is 0 Å². The van der Waals surface area contributed by atoms with Crippen LogP contribution < -0.4 is 0 Å². The Hall–Kier alpha value is -0.110. The molecular formula is C3H4ClFO. The summed E-state index contributed by atoms with van der Waals surface area (Å²) in [4.78, 5) is 9.34. The Bertz CT molecular complexity index is 61.8. The molecule has 0 saturated carbocycles. The van der Waals surface area contributed by atoms with Crippen LogP contribution in [0.2, 0.25) is 0 Å². The summed E-state index contributed by atoms with van der Waals surface area (Å²) in [6.07, 6.45) is 0. The van der Waals surface area contributed by atoms with E-state index >= 15 is 0 Å². The Balaban J connectivity index is 3.26. The van der Waals surface area contributed by atoms with Crippen molar-refractivity contribution >= 4 is 17.6 Å². The van der Waals surface area contributed by atoms with Gasteiger partial charge in [-0.05, 0) is 6.92 Å². The monoisotopic (exact) mass is 110 g/mol. The average molecular weight is 111 g/mol. The lowest BCUT2D eigenvalue weighted by atomic mass is 10.5. The smallest absolute Gasteiger partial charge is 0.259 e. The summed E-state index contributed by atoms with van der Waals surface area (Å²) in [6, 6.07) is -1.48. The number of halogens is 2. The van der Waals surface area contributed by atoms with E-state index in [-0.39, 0.29) is 0 Å². The Morgan fingerprint density at radius 2 is 2.17 bits per heavy atom. The van der Waals surface area contributed by atoms with E-state index in [1.54, 1.807) is 0 Å². The molecule has 0 aliphatic carbocycles. The molecule has 0 rings (SSSR count). The molecule has 0 N–H and O–H groups in total. The van der Waals surface area contributed by atoms with E-state index in [2.05, 4.69) is 0 Å². The molecule has 0 aromatic carbocycles. The van der Waals surface area contributed by atoms with Gasteiger partial charge in [0.25, 0.3) is 0 Å². The van der Waals surface area contributed by atoms with Gasteiger partial charge in [0.05, 0.1) is 0 Å². The van der Waals surface area contributed by atoms with Gasteiger partial charge >= 0.3 is 6.04 Å². The highest BCUT2D eigenvalue weighted by Gasteiger charge is 2.03. The third-order valence-corrected chi connectivity index (χ3v) is 0.484. The molecule has 0 aromatic heterocycles. The number of carbonyl (C=O) groups is 1. The van der Waals surface area contributed by atoms with Crippen LogP contribution in [0.25, 0.3) is 0 Å². The molecule has 0 saturated heterocycles. The molecule has 0 fully saturated rings. The zero-order chi connectivity index (χ0) is 5.15. The van der Waals surface area contributed by atoms with Gasteiger partial charge < -0.3 is 0 Å². The molecule has 0 unspecified atom stereocenters. The van der Waals surface area contributed by atoms with Crippen LogP contribution >= 0.6 is 11.6 Å². The van der Waals surface area contributed by atoms with Gasteiger partial charge in [-0.25, -0.2) is 0 Å². The molecule has 0 radical (unpaired) electrons. The number of carbonyl (C=O) groups excluding carboxylic acids is 1. The van der Waals surface area contributed by atoms with Gasteiger partial charge in [0.15, 0.2) is 0 Å². The third kappa shape index (κ3) is 2.15. The van der Waals surface area contributed by atoms with E-state index in [4.69, 9.17) is 11.6 Å². The molecule has 0 aliphatic rings. The summed E-state index contributed by atoms with van der Waals surface area (Å²) in [5.74, 6) is 0. The highest BCUT2D eigenvalue weighted by molar-refractivity contribution is 6.29. The quantitative estimate of drug-likeness (QED) is 0.365. The van der Waals surface area contributed by atoms with Crippen molar-refractivity contribution in [2.75, 3.05) is 0 Å². The minimum absolute atomic E-state index is 0.981. The molecule has 0 aromatic rings. The molecule has 36 valence electrons. The first-order valence-corrected chi connectivity index (χ1v) is 1.91. The van der Waals surface area contributed by atoms with Gasteiger partial charge in [0, 0.05) is 0 Å². The minimum atomic E-state index is -1.48. The maximum Gasteiger partial charge on any atom is 0.318 e. The molecule has 0 heterocycles. The second kappa shape index (κ2) is 2.13. The van der Waals surface area contributed by atoms with Crippen LogP contribution in [-0.2, 0) is 4.79 Å². The normalized spacial score (nSPS) is 13.8. The fourth-order valence-corrected chi connectivity index (χ4v) is 0. The van der Waals surface area contributed by atoms with Crippen LogP contribution in [-0.4, -0.2) is 11.4 Å². The van der Waals surface area contributed by atoms with Crippen molar-refractivity contribution in [3.8, 4) is 0 Å². The molecule has 3 heteroatoms. The zero-order valence-electron chi connectivity index (χ0n) is 3.24. The maximum absolute atomic E-state index is 11.1. The number of hydrogen-bond acceptors (Lipinski definition) is 1. The fraction of sp³-hybridized carbons (Fsp3) is 0.667. The minimum Gasteiger partial charge on any atom is -0.259 e. The predicted molar refractivity (Wildman–Crippen MR) is 21.4 cm³/mol. The second-order valence-electron chi connectivity index (χ2n) is 0.920. The van der Waals surface area contributed by atoms with Crippen LogP contribution in [0.4, 0.5) is 4.39 Å². The molecule has 1 nitrogen and oxygen atoms in total. The van der Waals surface area contributed by atoms with E-state index < -0.39 is 11.4 Å². The van der Waals surface area contributed by atoms with Crippen molar-refractivity contribution in [3.63, 3.8) is 0 Å². The van der Waals surface area contributed by atoms with Crippen LogP contribution in [0.15, 0.2) is 0 Å². The lowest BCUT2D eigenvalue weighted by molar-refractivity contribution is -0.128. The second-order valence-corrected chi connectivity index (χ2v) is 1.57. The first-order valence-electron chi connectivity index (χ1n) is 1.48. The number of rotatable bonds is 1. The van der Waals surface area contributed by atoms with Crippen molar-refractivity contribution < 1.29 is 9.18 Å². The van der Waals surface area contributed by atoms with E-state index in [1.165, 1.54) is 6.92 Å². The van der Waals surface area contributed by atoms with Crippen molar-refractivity contribution in [2.24, 2.45) is 0 Å². The SMILES string of the molecule is C[C@@H](Cl)C(=O)F. The zero-order valence-corrected chi connectivity index (χ0v) is 4.00. The van der Waals surface area contributed by atoms with Gasteiger partial charge in [-0.15, -0.1) is 11.6 Å². The van der Waals surface area contributed by atoms with Gasteiger partial charge in [-0.2, -0.15) is 4.39 Å². The summed E-state index contributed by atoms with van der Waals surface area (Å²) in [7, 11) is 0. The highest BCUT2D eigenvalue weighted by Crippen LogP contribution is 1.93. The van der Waals surface area contributed by atoms with Crippen molar-refractivity contribution in [1.29, 1.82) is 0 Å². The van der Waals surface area contributed by atoms with Crippen LogP contribution in [0.1, 0.15) is 6.92 Å². The average Bonchev–Trinajstić information content (AvgIpc) is 1.36. The molecule has 0 spiro atoms. The fourth-order valence-electron chi connectivity index (χ4n) is 0. The Labute approximate surface area is 40.1 Å². The molecule has 0 amide bonds. The molecule has 6 heavy (non-hydrogen) atoms. The largest absolute Gasteiger partial charge is 0.318 e. The van der Waals surface area contributed by atoms with E-state index in [1.807, 2.05) is 0 Å². The summed E-state index contributed by atoms with van der Waals surface area (Å²) in [6.45, 7) is 1.28. The van der Waals surface area contributed by atoms with E-state index in [0.717, 1.165) is 0 Å². The highest BCUT2D eigenvalue weighted by atomic mass is 35.5. The Morgan fingerprint density at radius 1 is 2.00 bits per heavy atom. The van der Waals surface area contributed by atoms with Gasteiger partial charge in [0.2, 0.25) is 0 Å². The molecule has 0 aliphatic heterocycles. The first kappa shape index (κ1) is 5.89. The lowest BCUT2D eigenvalue weighted by Gasteiger charge is -1.83. The lowest BCUT2D eigenvalue weighted by Crippen LogP contribution is -2.00. The molecular weight excluding hydrogens is 106 g/mol. The van der Waals surface area contributed by atoms with Crippen LogP contribution in [0, 0.1) is 0 Å². The van der Waals surface area contributed by atoms with Gasteiger partial charge in [-0.3, -0.25) is 4.79 Å².